The number of rotatable bonds is 6. The lowest BCUT2D eigenvalue weighted by atomic mass is 10.1. The summed E-state index contributed by atoms with van der Waals surface area (Å²) in [4.78, 5) is 11.8. The second-order valence-corrected chi connectivity index (χ2v) is 5.99. The smallest absolute Gasteiger partial charge is 0.306 e. The number of ether oxygens (including phenoxy) is 3. The van der Waals surface area contributed by atoms with Gasteiger partial charge in [-0.25, -0.2) is 0 Å². The number of aryl methyl sites for hydroxylation is 1. The summed E-state index contributed by atoms with van der Waals surface area (Å²) in [6.45, 7) is 1.16. The highest BCUT2D eigenvalue weighted by Crippen LogP contribution is 2.26. The summed E-state index contributed by atoms with van der Waals surface area (Å²) in [7, 11) is 1.63. The van der Waals surface area contributed by atoms with E-state index in [0.717, 1.165) is 41.7 Å². The normalized spacial score (nSPS) is 18.3. The zero-order valence-corrected chi connectivity index (χ0v) is 13.9. The van der Waals surface area contributed by atoms with E-state index in [-0.39, 0.29) is 12.1 Å². The third-order valence-corrected chi connectivity index (χ3v) is 4.16. The molecule has 116 valence electrons. The van der Waals surface area contributed by atoms with Crippen LogP contribution in [0, 0.1) is 0 Å². The zero-order valence-electron chi connectivity index (χ0n) is 12.3. The largest absolute Gasteiger partial charge is 0.496 e. The van der Waals surface area contributed by atoms with Crippen LogP contribution in [0.15, 0.2) is 22.7 Å². The molecule has 0 bridgehead atoms. The number of carbonyl (C=O) groups excluding carboxylic acids is 1. The van der Waals surface area contributed by atoms with E-state index in [9.17, 15) is 4.79 Å². The number of carbonyl (C=O) groups is 1. The average Bonchev–Trinajstić information content (AvgIpc) is 2.52. The Kier molecular flexibility index (Phi) is 6.51. The Labute approximate surface area is 133 Å². The van der Waals surface area contributed by atoms with Crippen molar-refractivity contribution >= 4 is 21.9 Å². The van der Waals surface area contributed by atoms with E-state index < -0.39 is 0 Å². The van der Waals surface area contributed by atoms with Crippen molar-refractivity contribution in [3.63, 3.8) is 0 Å². The van der Waals surface area contributed by atoms with Crippen molar-refractivity contribution < 1.29 is 19.0 Å². The van der Waals surface area contributed by atoms with Gasteiger partial charge in [0.25, 0.3) is 0 Å². The minimum atomic E-state index is -0.170. The molecule has 0 amide bonds. The molecule has 1 aliphatic heterocycles. The minimum Gasteiger partial charge on any atom is -0.496 e. The van der Waals surface area contributed by atoms with Gasteiger partial charge >= 0.3 is 5.97 Å². The summed E-state index contributed by atoms with van der Waals surface area (Å²) in [6, 6.07) is 5.82. The molecule has 0 saturated carbocycles. The molecule has 1 aromatic rings. The van der Waals surface area contributed by atoms with Crippen LogP contribution in [0.2, 0.25) is 0 Å². The predicted octanol–water partition coefficient (Wildman–Crippen LogP) is 3.50. The Morgan fingerprint density at radius 1 is 1.43 bits per heavy atom. The van der Waals surface area contributed by atoms with E-state index in [1.807, 2.05) is 18.2 Å². The van der Waals surface area contributed by atoms with Gasteiger partial charge in [-0.05, 0) is 59.3 Å². The number of halogens is 1. The molecular weight excluding hydrogens is 336 g/mol. The highest BCUT2D eigenvalue weighted by molar-refractivity contribution is 9.10. The summed E-state index contributed by atoms with van der Waals surface area (Å²) < 4.78 is 16.9. The number of hydrogen-bond acceptors (Lipinski definition) is 4. The molecule has 1 fully saturated rings. The van der Waals surface area contributed by atoms with Crippen LogP contribution in [0.4, 0.5) is 0 Å². The molecule has 2 rings (SSSR count). The number of methoxy groups -OCH3 is 1. The van der Waals surface area contributed by atoms with Gasteiger partial charge < -0.3 is 14.2 Å². The summed E-state index contributed by atoms with van der Waals surface area (Å²) in [5.74, 6) is 0.617. The fraction of sp³-hybridized carbons (Fsp3) is 0.562. The maximum Gasteiger partial charge on any atom is 0.306 e. The monoisotopic (exact) mass is 356 g/mol. The predicted molar refractivity (Wildman–Crippen MR) is 83.6 cm³/mol. The van der Waals surface area contributed by atoms with Crippen molar-refractivity contribution in [3.05, 3.63) is 28.2 Å². The first kappa shape index (κ1) is 16.3. The van der Waals surface area contributed by atoms with Crippen LogP contribution in [0.25, 0.3) is 0 Å². The highest BCUT2D eigenvalue weighted by atomic mass is 79.9. The lowest BCUT2D eigenvalue weighted by molar-refractivity contribution is -0.149. The SMILES string of the molecule is COc1ccc(CCC(=O)OCC2CCCCO2)cc1Br. The maximum atomic E-state index is 11.8. The molecule has 0 radical (unpaired) electrons. The van der Waals surface area contributed by atoms with Gasteiger partial charge in [-0.3, -0.25) is 4.79 Å². The topological polar surface area (TPSA) is 44.8 Å². The molecule has 1 unspecified atom stereocenters. The molecule has 0 spiro atoms. The molecule has 1 aliphatic rings. The Balaban J connectivity index is 1.71. The first-order valence-electron chi connectivity index (χ1n) is 7.28. The van der Waals surface area contributed by atoms with Crippen LogP contribution in [0.1, 0.15) is 31.2 Å². The van der Waals surface area contributed by atoms with Gasteiger partial charge in [0, 0.05) is 13.0 Å². The fourth-order valence-electron chi connectivity index (χ4n) is 2.31. The summed E-state index contributed by atoms with van der Waals surface area (Å²) >= 11 is 3.44. The van der Waals surface area contributed by atoms with Gasteiger partial charge in [0.2, 0.25) is 0 Å². The highest BCUT2D eigenvalue weighted by Gasteiger charge is 2.16. The van der Waals surface area contributed by atoms with Crippen molar-refractivity contribution in [2.24, 2.45) is 0 Å². The van der Waals surface area contributed by atoms with E-state index in [4.69, 9.17) is 14.2 Å². The minimum absolute atomic E-state index is 0.0813. The molecule has 0 aromatic heterocycles. The van der Waals surface area contributed by atoms with Gasteiger partial charge in [-0.2, -0.15) is 0 Å². The van der Waals surface area contributed by atoms with Crippen molar-refractivity contribution in [1.82, 2.24) is 0 Å². The second kappa shape index (κ2) is 8.39. The number of esters is 1. The second-order valence-electron chi connectivity index (χ2n) is 5.14. The first-order valence-corrected chi connectivity index (χ1v) is 8.08. The van der Waals surface area contributed by atoms with Gasteiger partial charge in [-0.1, -0.05) is 6.07 Å². The molecule has 0 aliphatic carbocycles. The molecule has 1 aromatic carbocycles. The van der Waals surface area contributed by atoms with Crippen molar-refractivity contribution in [2.75, 3.05) is 20.3 Å². The van der Waals surface area contributed by atoms with Crippen molar-refractivity contribution in [2.45, 2.75) is 38.2 Å². The molecule has 5 heteroatoms. The van der Waals surface area contributed by atoms with Crippen LogP contribution in [-0.4, -0.2) is 32.4 Å². The number of hydrogen-bond donors (Lipinski definition) is 0. The van der Waals surface area contributed by atoms with E-state index >= 15 is 0 Å². The Morgan fingerprint density at radius 3 is 2.95 bits per heavy atom. The fourth-order valence-corrected chi connectivity index (χ4v) is 2.90. The summed E-state index contributed by atoms with van der Waals surface area (Å²) in [5.41, 5.74) is 1.08. The molecule has 4 nitrogen and oxygen atoms in total. The third kappa shape index (κ3) is 5.32. The number of benzene rings is 1. The average molecular weight is 357 g/mol. The summed E-state index contributed by atoms with van der Waals surface area (Å²) in [6.07, 6.45) is 4.37. The molecule has 0 N–H and O–H groups in total. The Hall–Kier alpha value is -1.07. The zero-order chi connectivity index (χ0) is 15.1. The Morgan fingerprint density at radius 2 is 2.29 bits per heavy atom. The third-order valence-electron chi connectivity index (χ3n) is 3.54. The first-order chi connectivity index (χ1) is 10.2. The maximum absolute atomic E-state index is 11.8. The molecule has 1 heterocycles. The molecule has 21 heavy (non-hydrogen) atoms. The van der Waals surface area contributed by atoms with Crippen LogP contribution < -0.4 is 4.74 Å². The van der Waals surface area contributed by atoms with Crippen molar-refractivity contribution in [3.8, 4) is 5.75 Å². The van der Waals surface area contributed by atoms with E-state index in [1.54, 1.807) is 7.11 Å². The van der Waals surface area contributed by atoms with Crippen molar-refractivity contribution in [1.29, 1.82) is 0 Å². The molecular formula is C16H21BrO4. The van der Waals surface area contributed by atoms with Gasteiger partial charge in [0.05, 0.1) is 17.7 Å². The van der Waals surface area contributed by atoms with Gasteiger partial charge in [-0.15, -0.1) is 0 Å². The van der Waals surface area contributed by atoms with E-state index in [1.165, 1.54) is 0 Å². The lowest BCUT2D eigenvalue weighted by Crippen LogP contribution is -2.26. The Bertz CT molecular complexity index is 469. The standard InChI is InChI=1S/C16H21BrO4/c1-19-15-7-5-12(10-14(15)17)6-8-16(18)21-11-13-4-2-3-9-20-13/h5,7,10,13H,2-4,6,8-9,11H2,1H3. The van der Waals surface area contributed by atoms with Gasteiger partial charge in [0.15, 0.2) is 0 Å². The van der Waals surface area contributed by atoms with Crippen LogP contribution in [0.3, 0.4) is 0 Å². The lowest BCUT2D eigenvalue weighted by Gasteiger charge is -2.22. The quantitative estimate of drug-likeness (QED) is 0.731. The van der Waals surface area contributed by atoms with Crippen LogP contribution >= 0.6 is 15.9 Å². The van der Waals surface area contributed by atoms with E-state index in [0.29, 0.717) is 19.4 Å². The van der Waals surface area contributed by atoms with Crippen LogP contribution in [-0.2, 0) is 20.7 Å². The summed E-state index contributed by atoms with van der Waals surface area (Å²) in [5, 5.41) is 0. The van der Waals surface area contributed by atoms with Crippen LogP contribution in [0.5, 0.6) is 5.75 Å². The van der Waals surface area contributed by atoms with E-state index in [2.05, 4.69) is 15.9 Å². The van der Waals surface area contributed by atoms with Gasteiger partial charge in [0.1, 0.15) is 12.4 Å². The molecule has 1 saturated heterocycles. The molecule has 1 atom stereocenters.